The van der Waals surface area contributed by atoms with Crippen molar-refractivity contribution in [1.82, 2.24) is 25.4 Å². The summed E-state index contributed by atoms with van der Waals surface area (Å²) in [4.78, 5) is 33.9. The fourth-order valence-electron chi connectivity index (χ4n) is 3.49. The standard InChI is InChI=1S/C21H23FN6O2S/c1-12-8-17(26-25-12)9-23-19(29)18-14(3)24-20(31-18)28-10-13(2)27(21(28)30)11-15-4-6-16(22)7-5-15/h4-8,13H,9-11H2,1-3H3,(H,23,29)(H,25,26)/t13-/m1/s1. The van der Waals surface area contributed by atoms with Crippen LogP contribution in [-0.4, -0.2) is 44.6 Å². The number of carbonyl (C=O) groups is 2. The number of aromatic amines is 1. The summed E-state index contributed by atoms with van der Waals surface area (Å²) in [5.74, 6) is -0.547. The normalized spacial score (nSPS) is 16.3. The van der Waals surface area contributed by atoms with Gasteiger partial charge in [0.1, 0.15) is 10.7 Å². The number of hydrogen-bond acceptors (Lipinski definition) is 5. The molecule has 31 heavy (non-hydrogen) atoms. The van der Waals surface area contributed by atoms with Gasteiger partial charge in [0.05, 0.1) is 30.2 Å². The van der Waals surface area contributed by atoms with Gasteiger partial charge in [-0.2, -0.15) is 5.10 Å². The van der Waals surface area contributed by atoms with Gasteiger partial charge in [-0.05, 0) is 44.5 Å². The van der Waals surface area contributed by atoms with Crippen LogP contribution in [0.2, 0.25) is 0 Å². The Morgan fingerprint density at radius 2 is 2.06 bits per heavy atom. The Kier molecular flexibility index (Phi) is 5.73. The molecule has 1 saturated heterocycles. The Morgan fingerprint density at radius 3 is 2.74 bits per heavy atom. The lowest BCUT2D eigenvalue weighted by Crippen LogP contribution is -2.33. The van der Waals surface area contributed by atoms with Crippen molar-refractivity contribution in [3.05, 3.63) is 63.7 Å². The van der Waals surface area contributed by atoms with E-state index in [9.17, 15) is 14.0 Å². The first kappa shape index (κ1) is 21.0. The van der Waals surface area contributed by atoms with Crippen LogP contribution in [0.4, 0.5) is 14.3 Å². The molecule has 0 spiro atoms. The number of carbonyl (C=O) groups excluding carboxylic acids is 2. The van der Waals surface area contributed by atoms with Gasteiger partial charge in [-0.3, -0.25) is 14.8 Å². The minimum absolute atomic E-state index is 0.0392. The van der Waals surface area contributed by atoms with E-state index >= 15 is 0 Å². The molecule has 10 heteroatoms. The first-order valence-corrected chi connectivity index (χ1v) is 10.7. The molecule has 1 atom stereocenters. The summed E-state index contributed by atoms with van der Waals surface area (Å²) in [6.07, 6.45) is 0. The minimum atomic E-state index is -0.307. The number of anilines is 1. The number of H-pyrrole nitrogens is 1. The van der Waals surface area contributed by atoms with Gasteiger partial charge in [0.2, 0.25) is 0 Å². The molecule has 1 aliphatic rings. The maximum atomic E-state index is 13.2. The van der Waals surface area contributed by atoms with E-state index in [1.165, 1.54) is 23.5 Å². The highest BCUT2D eigenvalue weighted by Crippen LogP contribution is 2.31. The molecule has 0 saturated carbocycles. The SMILES string of the molecule is Cc1cc(CNC(=O)c2sc(N3C[C@@H](C)N(Cc4ccc(F)cc4)C3=O)nc2C)[nH]n1. The van der Waals surface area contributed by atoms with E-state index < -0.39 is 0 Å². The number of nitrogens with one attached hydrogen (secondary N) is 2. The van der Waals surface area contributed by atoms with Crippen LogP contribution in [0.15, 0.2) is 30.3 Å². The van der Waals surface area contributed by atoms with E-state index in [2.05, 4.69) is 20.5 Å². The molecular weight excluding hydrogens is 419 g/mol. The van der Waals surface area contributed by atoms with Crippen molar-refractivity contribution in [2.75, 3.05) is 11.4 Å². The fourth-order valence-corrected chi connectivity index (χ4v) is 4.47. The minimum Gasteiger partial charge on any atom is -0.346 e. The van der Waals surface area contributed by atoms with E-state index in [4.69, 9.17) is 0 Å². The van der Waals surface area contributed by atoms with Crippen LogP contribution in [0.25, 0.3) is 0 Å². The Morgan fingerprint density at radius 1 is 1.32 bits per heavy atom. The van der Waals surface area contributed by atoms with Gasteiger partial charge in [0.15, 0.2) is 5.13 Å². The highest BCUT2D eigenvalue weighted by Gasteiger charge is 2.37. The predicted molar refractivity (Wildman–Crippen MR) is 115 cm³/mol. The van der Waals surface area contributed by atoms with Gasteiger partial charge < -0.3 is 10.2 Å². The number of amides is 3. The van der Waals surface area contributed by atoms with Crippen molar-refractivity contribution >= 4 is 28.4 Å². The molecule has 3 heterocycles. The summed E-state index contributed by atoms with van der Waals surface area (Å²) < 4.78 is 13.2. The van der Waals surface area contributed by atoms with Gasteiger partial charge >= 0.3 is 6.03 Å². The Bertz CT molecular complexity index is 1110. The molecular formula is C21H23FN6O2S. The number of hydrogen-bond donors (Lipinski definition) is 2. The molecule has 3 amide bonds. The third-order valence-electron chi connectivity index (χ3n) is 5.14. The smallest absolute Gasteiger partial charge is 0.326 e. The summed E-state index contributed by atoms with van der Waals surface area (Å²) in [5.41, 5.74) is 3.10. The molecule has 162 valence electrons. The zero-order valence-corrected chi connectivity index (χ0v) is 18.3. The second-order valence-electron chi connectivity index (χ2n) is 7.62. The third kappa shape index (κ3) is 4.43. The summed E-state index contributed by atoms with van der Waals surface area (Å²) >= 11 is 1.20. The van der Waals surface area contributed by atoms with Crippen molar-refractivity contribution in [1.29, 1.82) is 0 Å². The zero-order valence-electron chi connectivity index (χ0n) is 17.5. The molecule has 2 N–H and O–H groups in total. The van der Waals surface area contributed by atoms with Crippen molar-refractivity contribution in [3.63, 3.8) is 0 Å². The molecule has 0 unspecified atom stereocenters. The largest absolute Gasteiger partial charge is 0.346 e. The van der Waals surface area contributed by atoms with Gasteiger partial charge in [-0.25, -0.2) is 14.2 Å². The highest BCUT2D eigenvalue weighted by atomic mass is 32.1. The summed E-state index contributed by atoms with van der Waals surface area (Å²) in [6.45, 7) is 6.78. The zero-order chi connectivity index (χ0) is 22.1. The van der Waals surface area contributed by atoms with E-state index in [-0.39, 0.29) is 23.8 Å². The van der Waals surface area contributed by atoms with Gasteiger partial charge in [0, 0.05) is 12.6 Å². The molecule has 4 rings (SSSR count). The van der Waals surface area contributed by atoms with E-state index in [1.54, 1.807) is 28.9 Å². The van der Waals surface area contributed by atoms with Crippen LogP contribution in [0.1, 0.15) is 39.2 Å². The predicted octanol–water partition coefficient (Wildman–Crippen LogP) is 3.38. The highest BCUT2D eigenvalue weighted by molar-refractivity contribution is 7.17. The van der Waals surface area contributed by atoms with Crippen LogP contribution in [0.5, 0.6) is 0 Å². The Hall–Kier alpha value is -3.27. The van der Waals surface area contributed by atoms with Crippen molar-refractivity contribution in [3.8, 4) is 0 Å². The Labute approximate surface area is 183 Å². The fraction of sp³-hybridized carbons (Fsp3) is 0.333. The van der Waals surface area contributed by atoms with E-state index in [0.717, 1.165) is 17.0 Å². The number of thiazole rings is 1. The van der Waals surface area contributed by atoms with Crippen molar-refractivity contribution in [2.45, 2.75) is 39.9 Å². The summed E-state index contributed by atoms with van der Waals surface area (Å²) in [7, 11) is 0. The lowest BCUT2D eigenvalue weighted by molar-refractivity contribution is 0.0953. The number of rotatable bonds is 6. The van der Waals surface area contributed by atoms with E-state index in [0.29, 0.717) is 35.3 Å². The average molecular weight is 443 g/mol. The van der Waals surface area contributed by atoms with Crippen LogP contribution < -0.4 is 10.2 Å². The lowest BCUT2D eigenvalue weighted by atomic mass is 10.2. The molecule has 8 nitrogen and oxygen atoms in total. The second-order valence-corrected chi connectivity index (χ2v) is 8.60. The summed E-state index contributed by atoms with van der Waals surface area (Å²) in [5, 5.41) is 10.3. The number of benzene rings is 1. The first-order valence-electron chi connectivity index (χ1n) is 9.91. The number of aryl methyl sites for hydroxylation is 2. The van der Waals surface area contributed by atoms with Crippen LogP contribution in [0, 0.1) is 19.7 Å². The van der Waals surface area contributed by atoms with E-state index in [1.807, 2.05) is 19.9 Å². The van der Waals surface area contributed by atoms with Crippen LogP contribution >= 0.6 is 11.3 Å². The first-order chi connectivity index (χ1) is 14.8. The third-order valence-corrected chi connectivity index (χ3v) is 6.32. The topological polar surface area (TPSA) is 94.2 Å². The monoisotopic (exact) mass is 442 g/mol. The molecule has 0 aliphatic carbocycles. The van der Waals surface area contributed by atoms with Gasteiger partial charge in [-0.15, -0.1) is 0 Å². The molecule has 0 radical (unpaired) electrons. The average Bonchev–Trinajstić information content (AvgIpc) is 3.41. The van der Waals surface area contributed by atoms with Crippen LogP contribution in [0.3, 0.4) is 0 Å². The number of aromatic nitrogens is 3. The molecule has 1 aliphatic heterocycles. The van der Waals surface area contributed by atoms with Crippen LogP contribution in [-0.2, 0) is 13.1 Å². The maximum absolute atomic E-state index is 13.2. The molecule has 2 aromatic heterocycles. The number of urea groups is 1. The molecule has 1 aromatic carbocycles. The lowest BCUT2D eigenvalue weighted by Gasteiger charge is -2.20. The van der Waals surface area contributed by atoms with Crippen molar-refractivity contribution in [2.24, 2.45) is 0 Å². The van der Waals surface area contributed by atoms with Gasteiger partial charge in [0.25, 0.3) is 5.91 Å². The van der Waals surface area contributed by atoms with Crippen molar-refractivity contribution < 1.29 is 14.0 Å². The number of halogens is 1. The van der Waals surface area contributed by atoms with Gasteiger partial charge in [-0.1, -0.05) is 23.5 Å². The quantitative estimate of drug-likeness (QED) is 0.612. The Balaban J connectivity index is 1.45. The molecule has 1 fully saturated rings. The maximum Gasteiger partial charge on any atom is 0.326 e. The molecule has 0 bridgehead atoms. The second kappa shape index (κ2) is 8.46. The number of nitrogens with zero attached hydrogens (tertiary/aromatic N) is 4. The molecule has 3 aromatic rings. The summed E-state index contributed by atoms with van der Waals surface area (Å²) in [6, 6.07) is 7.78.